The van der Waals surface area contributed by atoms with Crippen LogP contribution in [0.1, 0.15) is 36.0 Å². The lowest BCUT2D eigenvalue weighted by Crippen LogP contribution is -2.48. The van der Waals surface area contributed by atoms with Gasteiger partial charge < -0.3 is 20.1 Å². The second-order valence-corrected chi connectivity index (χ2v) is 6.09. The summed E-state index contributed by atoms with van der Waals surface area (Å²) in [7, 11) is 1.76. The summed E-state index contributed by atoms with van der Waals surface area (Å²) in [5, 5.41) is 0. The van der Waals surface area contributed by atoms with Gasteiger partial charge in [0.25, 0.3) is 5.91 Å². The molecule has 1 aromatic rings. The standard InChI is InChI=1S/C17H24N2O3/c1-21-16-10-13-5-6-14(11-16)19(13)17(20)12-3-2-4-15(9-12)22-8-7-18/h2-4,9,13-14,16H,5-8,10-11,18H2,1H3/t13-,14+,16?. The highest BCUT2D eigenvalue weighted by molar-refractivity contribution is 5.95. The SMILES string of the molecule is COC1C[C@H]2CC[C@@H](C1)N2C(=O)c1cccc(OCCN)c1. The summed E-state index contributed by atoms with van der Waals surface area (Å²) < 4.78 is 11.0. The van der Waals surface area contributed by atoms with Gasteiger partial charge in [-0.1, -0.05) is 6.07 Å². The van der Waals surface area contributed by atoms with Gasteiger partial charge in [-0.25, -0.2) is 0 Å². The second kappa shape index (κ2) is 6.67. The average Bonchev–Trinajstić information content (AvgIpc) is 2.82. The Balaban J connectivity index is 1.74. The van der Waals surface area contributed by atoms with Crippen molar-refractivity contribution in [3.8, 4) is 5.75 Å². The Kier molecular flexibility index (Phi) is 4.64. The van der Waals surface area contributed by atoms with E-state index in [9.17, 15) is 4.79 Å². The van der Waals surface area contributed by atoms with Crippen LogP contribution < -0.4 is 10.5 Å². The number of amides is 1. The molecular weight excluding hydrogens is 280 g/mol. The first-order valence-electron chi connectivity index (χ1n) is 8.01. The van der Waals surface area contributed by atoms with Crippen LogP contribution in [-0.4, -0.2) is 49.3 Å². The van der Waals surface area contributed by atoms with E-state index in [4.69, 9.17) is 15.2 Å². The van der Waals surface area contributed by atoms with Gasteiger partial charge >= 0.3 is 0 Å². The van der Waals surface area contributed by atoms with Gasteiger partial charge in [0.1, 0.15) is 12.4 Å². The maximum atomic E-state index is 12.9. The normalized spacial score (nSPS) is 27.0. The number of methoxy groups -OCH3 is 1. The van der Waals surface area contributed by atoms with E-state index in [-0.39, 0.29) is 5.91 Å². The van der Waals surface area contributed by atoms with Crippen LogP contribution in [0.15, 0.2) is 24.3 Å². The molecular formula is C17H24N2O3. The predicted octanol–water partition coefficient (Wildman–Crippen LogP) is 1.81. The fourth-order valence-electron chi connectivity index (χ4n) is 3.70. The number of hydrogen-bond acceptors (Lipinski definition) is 4. The Morgan fingerprint density at radius 2 is 2.05 bits per heavy atom. The average molecular weight is 304 g/mol. The molecule has 0 saturated carbocycles. The third-order valence-electron chi connectivity index (χ3n) is 4.73. The van der Waals surface area contributed by atoms with Crippen LogP contribution in [0.2, 0.25) is 0 Å². The van der Waals surface area contributed by atoms with Crippen molar-refractivity contribution in [2.75, 3.05) is 20.3 Å². The van der Waals surface area contributed by atoms with E-state index in [2.05, 4.69) is 4.90 Å². The Morgan fingerprint density at radius 1 is 1.32 bits per heavy atom. The largest absolute Gasteiger partial charge is 0.492 e. The van der Waals surface area contributed by atoms with Crippen molar-refractivity contribution in [3.05, 3.63) is 29.8 Å². The molecule has 1 unspecified atom stereocenters. The van der Waals surface area contributed by atoms with Gasteiger partial charge in [0.15, 0.2) is 0 Å². The predicted molar refractivity (Wildman–Crippen MR) is 84.0 cm³/mol. The maximum absolute atomic E-state index is 12.9. The maximum Gasteiger partial charge on any atom is 0.254 e. The molecule has 1 amide bonds. The third-order valence-corrected chi connectivity index (χ3v) is 4.73. The summed E-state index contributed by atoms with van der Waals surface area (Å²) in [6.07, 6.45) is 4.35. The summed E-state index contributed by atoms with van der Waals surface area (Å²) in [6, 6.07) is 8.02. The van der Waals surface area contributed by atoms with Crippen molar-refractivity contribution >= 4 is 5.91 Å². The van der Waals surface area contributed by atoms with E-state index in [0.717, 1.165) is 25.7 Å². The van der Waals surface area contributed by atoms with E-state index in [1.165, 1.54) is 0 Å². The number of carbonyl (C=O) groups is 1. The highest BCUT2D eigenvalue weighted by Crippen LogP contribution is 2.37. The minimum atomic E-state index is 0.111. The van der Waals surface area contributed by atoms with Gasteiger partial charge in [0, 0.05) is 31.3 Å². The van der Waals surface area contributed by atoms with Gasteiger partial charge in [0.2, 0.25) is 0 Å². The smallest absolute Gasteiger partial charge is 0.254 e. The van der Waals surface area contributed by atoms with E-state index in [1.807, 2.05) is 24.3 Å². The van der Waals surface area contributed by atoms with Gasteiger partial charge in [-0.15, -0.1) is 0 Å². The molecule has 22 heavy (non-hydrogen) atoms. The van der Waals surface area contributed by atoms with E-state index >= 15 is 0 Å². The lowest BCUT2D eigenvalue weighted by Gasteiger charge is -2.38. The van der Waals surface area contributed by atoms with Crippen molar-refractivity contribution in [3.63, 3.8) is 0 Å². The molecule has 2 heterocycles. The van der Waals surface area contributed by atoms with Crippen molar-refractivity contribution < 1.29 is 14.3 Å². The van der Waals surface area contributed by atoms with Crippen LogP contribution in [-0.2, 0) is 4.74 Å². The van der Waals surface area contributed by atoms with Crippen LogP contribution >= 0.6 is 0 Å². The van der Waals surface area contributed by atoms with Crippen molar-refractivity contribution in [1.82, 2.24) is 4.90 Å². The Morgan fingerprint density at radius 3 is 2.68 bits per heavy atom. The monoisotopic (exact) mass is 304 g/mol. The Labute approximate surface area is 131 Å². The van der Waals surface area contributed by atoms with E-state index in [1.54, 1.807) is 7.11 Å². The molecule has 0 aromatic heterocycles. The summed E-state index contributed by atoms with van der Waals surface area (Å²) in [6.45, 7) is 0.926. The topological polar surface area (TPSA) is 64.8 Å². The number of ether oxygens (including phenoxy) is 2. The minimum absolute atomic E-state index is 0.111. The first-order valence-corrected chi connectivity index (χ1v) is 8.01. The van der Waals surface area contributed by atoms with Gasteiger partial charge in [-0.3, -0.25) is 4.79 Å². The number of hydrogen-bond donors (Lipinski definition) is 1. The molecule has 3 atom stereocenters. The molecule has 2 N–H and O–H groups in total. The first kappa shape index (κ1) is 15.3. The van der Waals surface area contributed by atoms with Crippen LogP contribution in [0, 0.1) is 0 Å². The number of fused-ring (bicyclic) bond motifs is 2. The highest BCUT2D eigenvalue weighted by atomic mass is 16.5. The first-order chi connectivity index (χ1) is 10.7. The molecule has 5 heteroatoms. The summed E-state index contributed by atoms with van der Waals surface area (Å²) in [5.74, 6) is 0.815. The highest BCUT2D eigenvalue weighted by Gasteiger charge is 2.43. The third kappa shape index (κ3) is 2.96. The lowest BCUT2D eigenvalue weighted by atomic mass is 9.98. The number of carbonyl (C=O) groups excluding carboxylic acids is 1. The quantitative estimate of drug-likeness (QED) is 0.901. The molecule has 2 aliphatic rings. The van der Waals surface area contributed by atoms with Crippen LogP contribution in [0.25, 0.3) is 0 Å². The number of benzene rings is 1. The van der Waals surface area contributed by atoms with Crippen LogP contribution in [0.5, 0.6) is 5.75 Å². The number of nitrogens with zero attached hydrogens (tertiary/aromatic N) is 1. The zero-order valence-corrected chi connectivity index (χ0v) is 13.0. The molecule has 0 aliphatic carbocycles. The Hall–Kier alpha value is -1.59. The lowest BCUT2D eigenvalue weighted by molar-refractivity contribution is 0.00820. The fourth-order valence-corrected chi connectivity index (χ4v) is 3.70. The van der Waals surface area contributed by atoms with E-state index in [0.29, 0.717) is 42.7 Å². The molecule has 3 rings (SSSR count). The molecule has 5 nitrogen and oxygen atoms in total. The molecule has 1 aromatic carbocycles. The summed E-state index contributed by atoms with van der Waals surface area (Å²) >= 11 is 0. The van der Waals surface area contributed by atoms with Gasteiger partial charge in [-0.2, -0.15) is 0 Å². The van der Waals surface area contributed by atoms with E-state index < -0.39 is 0 Å². The molecule has 2 aliphatic heterocycles. The van der Waals surface area contributed by atoms with Crippen molar-refractivity contribution in [2.24, 2.45) is 5.73 Å². The zero-order valence-electron chi connectivity index (χ0n) is 13.0. The fraction of sp³-hybridized carbons (Fsp3) is 0.588. The molecule has 120 valence electrons. The molecule has 0 radical (unpaired) electrons. The van der Waals surface area contributed by atoms with Crippen LogP contribution in [0.3, 0.4) is 0 Å². The summed E-state index contributed by atoms with van der Waals surface area (Å²) in [4.78, 5) is 15.0. The van der Waals surface area contributed by atoms with Gasteiger partial charge in [0.05, 0.1) is 6.10 Å². The number of rotatable bonds is 5. The minimum Gasteiger partial charge on any atom is -0.492 e. The zero-order chi connectivity index (χ0) is 15.5. The molecule has 2 bridgehead atoms. The van der Waals surface area contributed by atoms with Crippen molar-refractivity contribution in [1.29, 1.82) is 0 Å². The number of nitrogens with two attached hydrogens (primary N) is 1. The molecule has 2 saturated heterocycles. The molecule has 0 spiro atoms. The van der Waals surface area contributed by atoms with Gasteiger partial charge in [-0.05, 0) is 43.9 Å². The molecule has 2 fully saturated rings. The second-order valence-electron chi connectivity index (χ2n) is 6.09. The van der Waals surface area contributed by atoms with Crippen LogP contribution in [0.4, 0.5) is 0 Å². The summed E-state index contributed by atoms with van der Waals surface area (Å²) in [5.41, 5.74) is 6.15. The number of piperidine rings is 1. The Bertz CT molecular complexity index is 520. The van der Waals surface area contributed by atoms with Crippen molar-refractivity contribution in [2.45, 2.75) is 43.9 Å².